The summed E-state index contributed by atoms with van der Waals surface area (Å²) in [6.45, 7) is 3.51. The lowest BCUT2D eigenvalue weighted by atomic mass is 10.1. The van der Waals surface area contributed by atoms with Crippen molar-refractivity contribution in [3.8, 4) is 0 Å². The van der Waals surface area contributed by atoms with Gasteiger partial charge in [0.15, 0.2) is 0 Å². The van der Waals surface area contributed by atoms with Gasteiger partial charge in [-0.3, -0.25) is 9.59 Å². The Kier molecular flexibility index (Phi) is 5.95. The Morgan fingerprint density at radius 3 is 2.82 bits per heavy atom. The molecule has 1 fully saturated rings. The molecule has 0 bridgehead atoms. The van der Waals surface area contributed by atoms with Crippen molar-refractivity contribution in [2.75, 3.05) is 26.2 Å². The first-order valence-electron chi connectivity index (χ1n) is 7.80. The van der Waals surface area contributed by atoms with Crippen molar-refractivity contribution in [2.45, 2.75) is 19.8 Å². The highest BCUT2D eigenvalue weighted by molar-refractivity contribution is 5.89. The van der Waals surface area contributed by atoms with Crippen LogP contribution in [-0.2, 0) is 16.0 Å². The van der Waals surface area contributed by atoms with E-state index < -0.39 is 0 Å². The lowest BCUT2D eigenvalue weighted by Crippen LogP contribution is -2.36. The fourth-order valence-electron chi connectivity index (χ4n) is 2.56. The number of nitrogens with one attached hydrogen (secondary N) is 1. The van der Waals surface area contributed by atoms with E-state index in [0.29, 0.717) is 19.6 Å². The molecule has 1 aliphatic rings. The van der Waals surface area contributed by atoms with Crippen LogP contribution >= 0.6 is 0 Å². The monoisotopic (exact) mass is 304 g/mol. The van der Waals surface area contributed by atoms with Crippen molar-refractivity contribution in [1.82, 2.24) is 10.2 Å². The lowest BCUT2D eigenvalue weighted by molar-refractivity contribution is -0.129. The molecule has 2 N–H and O–H groups in total. The maximum absolute atomic E-state index is 12.1. The van der Waals surface area contributed by atoms with Crippen LogP contribution in [-0.4, -0.2) is 48.1 Å². The van der Waals surface area contributed by atoms with E-state index in [-0.39, 0.29) is 36.7 Å². The second kappa shape index (κ2) is 7.94. The molecule has 2 unspecified atom stereocenters. The average Bonchev–Trinajstić information content (AvgIpc) is 2.92. The van der Waals surface area contributed by atoms with Gasteiger partial charge in [-0.15, -0.1) is 0 Å². The van der Waals surface area contributed by atoms with Crippen LogP contribution in [0.1, 0.15) is 18.9 Å². The Hall–Kier alpha value is -1.88. The summed E-state index contributed by atoms with van der Waals surface area (Å²) in [4.78, 5) is 25.8. The largest absolute Gasteiger partial charge is 0.396 e. The average molecular weight is 304 g/mol. The van der Waals surface area contributed by atoms with Gasteiger partial charge in [-0.1, -0.05) is 37.3 Å². The summed E-state index contributed by atoms with van der Waals surface area (Å²) in [5, 5.41) is 11.8. The van der Waals surface area contributed by atoms with E-state index >= 15 is 0 Å². The molecule has 1 heterocycles. The highest BCUT2D eigenvalue weighted by atomic mass is 16.3. The molecular weight excluding hydrogens is 280 g/mol. The Labute approximate surface area is 131 Å². The summed E-state index contributed by atoms with van der Waals surface area (Å²) >= 11 is 0. The van der Waals surface area contributed by atoms with Gasteiger partial charge in [0.1, 0.15) is 0 Å². The fraction of sp³-hybridized carbons (Fsp3) is 0.529. The van der Waals surface area contributed by atoms with E-state index in [1.54, 1.807) is 4.90 Å². The maximum atomic E-state index is 12.1. The van der Waals surface area contributed by atoms with Crippen LogP contribution in [0.25, 0.3) is 0 Å². The number of hydrogen-bond donors (Lipinski definition) is 2. The SMILES string of the molecule is CC(CO)CNC(=O)C1CC(=O)N(CCc2ccccc2)C1. The first kappa shape index (κ1) is 16.5. The molecule has 1 aromatic rings. The van der Waals surface area contributed by atoms with E-state index in [1.165, 1.54) is 5.56 Å². The molecule has 120 valence electrons. The summed E-state index contributed by atoms with van der Waals surface area (Å²) in [6.07, 6.45) is 1.09. The fourth-order valence-corrected chi connectivity index (χ4v) is 2.56. The number of carbonyl (C=O) groups is 2. The molecule has 2 amide bonds. The number of nitrogens with zero attached hydrogens (tertiary/aromatic N) is 1. The summed E-state index contributed by atoms with van der Waals surface area (Å²) < 4.78 is 0. The van der Waals surface area contributed by atoms with Crippen LogP contribution in [0.3, 0.4) is 0 Å². The molecule has 1 aromatic carbocycles. The zero-order chi connectivity index (χ0) is 15.9. The van der Waals surface area contributed by atoms with Gasteiger partial charge in [-0.25, -0.2) is 0 Å². The molecule has 0 radical (unpaired) electrons. The minimum atomic E-state index is -0.269. The highest BCUT2D eigenvalue weighted by Crippen LogP contribution is 2.18. The molecule has 5 heteroatoms. The minimum Gasteiger partial charge on any atom is -0.396 e. The third-order valence-corrected chi connectivity index (χ3v) is 4.03. The first-order valence-corrected chi connectivity index (χ1v) is 7.80. The van der Waals surface area contributed by atoms with Gasteiger partial charge < -0.3 is 15.3 Å². The molecule has 2 atom stereocenters. The van der Waals surface area contributed by atoms with Crippen molar-refractivity contribution in [3.05, 3.63) is 35.9 Å². The number of aliphatic hydroxyl groups is 1. The Morgan fingerprint density at radius 1 is 1.41 bits per heavy atom. The number of benzene rings is 1. The zero-order valence-electron chi connectivity index (χ0n) is 13.0. The first-order chi connectivity index (χ1) is 10.6. The van der Waals surface area contributed by atoms with E-state index in [2.05, 4.69) is 5.32 Å². The van der Waals surface area contributed by atoms with E-state index in [9.17, 15) is 9.59 Å². The topological polar surface area (TPSA) is 69.6 Å². The van der Waals surface area contributed by atoms with Gasteiger partial charge in [-0.2, -0.15) is 0 Å². The van der Waals surface area contributed by atoms with Gasteiger partial charge in [-0.05, 0) is 17.9 Å². The summed E-state index contributed by atoms with van der Waals surface area (Å²) in [5.74, 6) is -0.272. The third-order valence-electron chi connectivity index (χ3n) is 4.03. The van der Waals surface area contributed by atoms with Crippen LogP contribution in [0.4, 0.5) is 0 Å². The van der Waals surface area contributed by atoms with Crippen LogP contribution < -0.4 is 5.32 Å². The Morgan fingerprint density at radius 2 is 2.14 bits per heavy atom. The predicted octanol–water partition coefficient (Wildman–Crippen LogP) is 0.822. The van der Waals surface area contributed by atoms with Gasteiger partial charge in [0.05, 0.1) is 5.92 Å². The maximum Gasteiger partial charge on any atom is 0.225 e. The van der Waals surface area contributed by atoms with Gasteiger partial charge >= 0.3 is 0 Å². The molecule has 0 spiro atoms. The minimum absolute atomic E-state index is 0.0373. The van der Waals surface area contributed by atoms with E-state index in [1.807, 2.05) is 37.3 Å². The number of aliphatic hydroxyl groups excluding tert-OH is 1. The van der Waals surface area contributed by atoms with Crippen molar-refractivity contribution in [2.24, 2.45) is 11.8 Å². The summed E-state index contributed by atoms with van der Waals surface area (Å²) in [6, 6.07) is 10.0. The molecule has 5 nitrogen and oxygen atoms in total. The van der Waals surface area contributed by atoms with E-state index in [0.717, 1.165) is 6.42 Å². The van der Waals surface area contributed by atoms with Crippen LogP contribution in [0, 0.1) is 11.8 Å². The number of amides is 2. The van der Waals surface area contributed by atoms with Crippen LogP contribution in [0.15, 0.2) is 30.3 Å². The van der Waals surface area contributed by atoms with Crippen molar-refractivity contribution >= 4 is 11.8 Å². The molecule has 2 rings (SSSR count). The summed E-state index contributed by atoms with van der Waals surface area (Å²) in [7, 11) is 0. The normalized spacial score (nSPS) is 19.3. The molecule has 22 heavy (non-hydrogen) atoms. The van der Waals surface area contributed by atoms with Gasteiger partial charge in [0, 0.05) is 32.7 Å². The molecule has 1 aliphatic heterocycles. The highest BCUT2D eigenvalue weighted by Gasteiger charge is 2.33. The summed E-state index contributed by atoms with van der Waals surface area (Å²) in [5.41, 5.74) is 1.19. The van der Waals surface area contributed by atoms with Crippen LogP contribution in [0.2, 0.25) is 0 Å². The van der Waals surface area contributed by atoms with Crippen molar-refractivity contribution in [3.63, 3.8) is 0 Å². The van der Waals surface area contributed by atoms with E-state index in [4.69, 9.17) is 5.11 Å². The van der Waals surface area contributed by atoms with Crippen molar-refractivity contribution in [1.29, 1.82) is 0 Å². The smallest absolute Gasteiger partial charge is 0.225 e. The number of hydrogen-bond acceptors (Lipinski definition) is 3. The second-order valence-corrected chi connectivity index (χ2v) is 6.01. The standard InChI is InChI=1S/C17H24N2O3/c1-13(12-20)10-18-17(22)15-9-16(21)19(11-15)8-7-14-5-3-2-4-6-14/h2-6,13,15,20H,7-12H2,1H3,(H,18,22). The van der Waals surface area contributed by atoms with Crippen molar-refractivity contribution < 1.29 is 14.7 Å². The molecule has 1 saturated heterocycles. The molecule has 0 saturated carbocycles. The van der Waals surface area contributed by atoms with Gasteiger partial charge in [0.2, 0.25) is 11.8 Å². The Bertz CT molecular complexity index is 504. The molecule has 0 aliphatic carbocycles. The Balaban J connectivity index is 1.79. The quantitative estimate of drug-likeness (QED) is 0.783. The number of carbonyl (C=O) groups excluding carboxylic acids is 2. The third kappa shape index (κ3) is 4.56. The molecular formula is C17H24N2O3. The van der Waals surface area contributed by atoms with Crippen LogP contribution in [0.5, 0.6) is 0 Å². The number of likely N-dealkylation sites (tertiary alicyclic amines) is 1. The second-order valence-electron chi connectivity index (χ2n) is 6.01. The zero-order valence-corrected chi connectivity index (χ0v) is 13.0. The lowest BCUT2D eigenvalue weighted by Gasteiger charge is -2.17. The van der Waals surface area contributed by atoms with Gasteiger partial charge in [0.25, 0.3) is 0 Å². The predicted molar refractivity (Wildman–Crippen MR) is 84.1 cm³/mol. The number of rotatable bonds is 7. The molecule has 0 aromatic heterocycles.